The zero-order chi connectivity index (χ0) is 19.2. The van der Waals surface area contributed by atoms with Crippen molar-refractivity contribution >= 4 is 9.84 Å². The predicted octanol–water partition coefficient (Wildman–Crippen LogP) is 3.89. The average molecular weight is 378 g/mol. The van der Waals surface area contributed by atoms with Crippen molar-refractivity contribution < 1.29 is 35.8 Å². The summed E-state index contributed by atoms with van der Waals surface area (Å²) >= 11 is 0. The van der Waals surface area contributed by atoms with Gasteiger partial charge in [0.2, 0.25) is 9.84 Å². The molecular weight excluding hydrogens is 364 g/mol. The number of rotatable bonds is 4. The lowest BCUT2D eigenvalue weighted by Crippen LogP contribution is -2.42. The third kappa shape index (κ3) is 3.09. The van der Waals surface area contributed by atoms with Crippen LogP contribution in [0.15, 0.2) is 59.2 Å². The highest BCUT2D eigenvalue weighted by Crippen LogP contribution is 2.53. The second kappa shape index (κ2) is 5.99. The summed E-state index contributed by atoms with van der Waals surface area (Å²) in [5.74, 6) is -2.18. The van der Waals surface area contributed by atoms with Gasteiger partial charge in [0.25, 0.3) is 0 Å². The van der Waals surface area contributed by atoms with E-state index in [0.717, 1.165) is 24.3 Å². The SMILES string of the molecule is C=C(F)/C=C(F)\C=C(/C)Oc1ccc2c(c1)C(C)(O)C(F)(F)S2(=O)=O. The number of hydrogen-bond acceptors (Lipinski definition) is 4. The van der Waals surface area contributed by atoms with Crippen molar-refractivity contribution in [1.29, 1.82) is 0 Å². The molecule has 1 aromatic rings. The minimum atomic E-state index is -5.04. The van der Waals surface area contributed by atoms with E-state index in [-0.39, 0.29) is 11.5 Å². The van der Waals surface area contributed by atoms with Crippen molar-refractivity contribution in [3.63, 3.8) is 0 Å². The molecule has 2 rings (SSSR count). The molecule has 0 amide bonds. The van der Waals surface area contributed by atoms with E-state index >= 15 is 0 Å². The lowest BCUT2D eigenvalue weighted by molar-refractivity contribution is -0.114. The Morgan fingerprint density at radius 2 is 1.88 bits per heavy atom. The number of fused-ring (bicyclic) bond motifs is 1. The number of aliphatic hydroxyl groups is 1. The first-order valence-electron chi connectivity index (χ1n) is 6.88. The van der Waals surface area contributed by atoms with Gasteiger partial charge in [0.05, 0.1) is 4.90 Å². The van der Waals surface area contributed by atoms with Crippen LogP contribution < -0.4 is 4.74 Å². The van der Waals surface area contributed by atoms with Crippen molar-refractivity contribution in [3.8, 4) is 5.75 Å². The number of allylic oxidation sites excluding steroid dienone is 5. The minimum Gasteiger partial charge on any atom is -0.462 e. The summed E-state index contributed by atoms with van der Waals surface area (Å²) in [5, 5.41) is 5.59. The summed E-state index contributed by atoms with van der Waals surface area (Å²) < 4.78 is 82.7. The van der Waals surface area contributed by atoms with Crippen LogP contribution in [0.25, 0.3) is 0 Å². The van der Waals surface area contributed by atoms with Crippen LogP contribution in [0.5, 0.6) is 5.75 Å². The molecular formula is C16H14F4O4S. The van der Waals surface area contributed by atoms with E-state index in [1.165, 1.54) is 6.92 Å². The van der Waals surface area contributed by atoms with Gasteiger partial charge < -0.3 is 9.84 Å². The first-order valence-corrected chi connectivity index (χ1v) is 8.36. The molecule has 1 aromatic carbocycles. The number of sulfone groups is 1. The Morgan fingerprint density at radius 3 is 2.44 bits per heavy atom. The molecule has 0 bridgehead atoms. The number of halogens is 4. The molecule has 4 nitrogen and oxygen atoms in total. The first kappa shape index (κ1) is 19.2. The summed E-state index contributed by atoms with van der Waals surface area (Å²) in [5.41, 5.74) is -3.48. The Bertz CT molecular complexity index is 899. The second-order valence-electron chi connectivity index (χ2n) is 5.58. The van der Waals surface area contributed by atoms with E-state index in [4.69, 9.17) is 4.74 Å². The topological polar surface area (TPSA) is 63.6 Å². The molecule has 0 spiro atoms. The van der Waals surface area contributed by atoms with E-state index in [0.29, 0.717) is 13.0 Å². The van der Waals surface area contributed by atoms with Crippen molar-refractivity contribution in [1.82, 2.24) is 0 Å². The van der Waals surface area contributed by atoms with Crippen molar-refractivity contribution in [2.75, 3.05) is 0 Å². The molecule has 25 heavy (non-hydrogen) atoms. The van der Waals surface area contributed by atoms with Crippen LogP contribution in [-0.4, -0.2) is 18.8 Å². The Morgan fingerprint density at radius 1 is 1.28 bits per heavy atom. The zero-order valence-electron chi connectivity index (χ0n) is 13.2. The van der Waals surface area contributed by atoms with Gasteiger partial charge in [-0.15, -0.1) is 0 Å². The standard InChI is InChI=1S/C16H14F4O4S/c1-9(17)6-11(18)7-10(2)24-12-4-5-14-13(8-12)15(3,21)16(19,20)25(14,22)23/h4-8,21H,1H2,2-3H3/b10-7+,11-6+. The molecule has 1 N–H and O–H groups in total. The highest BCUT2D eigenvalue weighted by molar-refractivity contribution is 7.93. The fraction of sp³-hybridized carbons (Fsp3) is 0.250. The number of alkyl halides is 2. The van der Waals surface area contributed by atoms with Gasteiger partial charge in [-0.05, 0) is 32.0 Å². The molecule has 1 heterocycles. The molecule has 0 saturated heterocycles. The highest BCUT2D eigenvalue weighted by Gasteiger charge is 2.67. The van der Waals surface area contributed by atoms with Crippen molar-refractivity contribution in [3.05, 3.63) is 59.9 Å². The largest absolute Gasteiger partial charge is 0.462 e. The maximum Gasteiger partial charge on any atom is 0.381 e. The molecule has 0 saturated carbocycles. The molecule has 0 aromatic heterocycles. The van der Waals surface area contributed by atoms with Crippen LogP contribution in [0.1, 0.15) is 19.4 Å². The lowest BCUT2D eigenvalue weighted by atomic mass is 9.96. The average Bonchev–Trinajstić information content (AvgIpc) is 2.54. The van der Waals surface area contributed by atoms with Gasteiger partial charge in [0.1, 0.15) is 23.2 Å². The molecule has 0 aliphatic carbocycles. The third-order valence-electron chi connectivity index (χ3n) is 3.58. The van der Waals surface area contributed by atoms with Crippen LogP contribution in [-0.2, 0) is 15.4 Å². The van der Waals surface area contributed by atoms with Crippen LogP contribution in [0.4, 0.5) is 17.6 Å². The van der Waals surface area contributed by atoms with Crippen molar-refractivity contribution in [2.24, 2.45) is 0 Å². The quantitative estimate of drug-likeness (QED) is 0.490. The summed E-state index contributed by atoms with van der Waals surface area (Å²) in [6.07, 6.45) is 1.33. The monoisotopic (exact) mass is 378 g/mol. The van der Waals surface area contributed by atoms with E-state index in [1.54, 1.807) is 0 Å². The Hall–Kier alpha value is -2.13. The van der Waals surface area contributed by atoms with Gasteiger partial charge in [-0.3, -0.25) is 0 Å². The zero-order valence-corrected chi connectivity index (χ0v) is 14.0. The number of ether oxygens (including phenoxy) is 1. The predicted molar refractivity (Wildman–Crippen MR) is 82.0 cm³/mol. The Labute approximate surface area is 141 Å². The van der Waals surface area contributed by atoms with Crippen LogP contribution >= 0.6 is 0 Å². The maximum atomic E-state index is 14.0. The van der Waals surface area contributed by atoms with Gasteiger partial charge in [0.15, 0.2) is 5.60 Å². The first-order chi connectivity index (χ1) is 11.3. The second-order valence-corrected chi connectivity index (χ2v) is 7.54. The lowest BCUT2D eigenvalue weighted by Gasteiger charge is -2.24. The van der Waals surface area contributed by atoms with Gasteiger partial charge in [-0.1, -0.05) is 6.58 Å². The summed E-state index contributed by atoms with van der Waals surface area (Å²) in [4.78, 5) is -0.712. The van der Waals surface area contributed by atoms with E-state index < -0.39 is 42.8 Å². The van der Waals surface area contributed by atoms with Crippen molar-refractivity contribution in [2.45, 2.75) is 29.6 Å². The van der Waals surface area contributed by atoms with Gasteiger partial charge in [-0.2, -0.15) is 8.78 Å². The minimum absolute atomic E-state index is 0.0674. The van der Waals surface area contributed by atoms with E-state index in [1.807, 2.05) is 0 Å². The fourth-order valence-corrected chi connectivity index (χ4v) is 4.05. The molecule has 1 aliphatic rings. The smallest absolute Gasteiger partial charge is 0.381 e. The van der Waals surface area contributed by atoms with E-state index in [2.05, 4.69) is 6.58 Å². The number of benzene rings is 1. The molecule has 136 valence electrons. The normalized spacial score (nSPS) is 24.8. The highest BCUT2D eigenvalue weighted by atomic mass is 32.2. The van der Waals surface area contributed by atoms with Crippen LogP contribution in [0, 0.1) is 0 Å². The fourth-order valence-electron chi connectivity index (χ4n) is 2.34. The molecule has 0 fully saturated rings. The molecule has 1 aliphatic heterocycles. The van der Waals surface area contributed by atoms with Gasteiger partial charge in [0, 0.05) is 17.7 Å². The Kier molecular flexibility index (Phi) is 4.60. The van der Waals surface area contributed by atoms with Crippen LogP contribution in [0.3, 0.4) is 0 Å². The van der Waals surface area contributed by atoms with Gasteiger partial charge in [-0.25, -0.2) is 17.2 Å². The third-order valence-corrected chi connectivity index (χ3v) is 5.59. The summed E-state index contributed by atoms with van der Waals surface area (Å²) in [6.45, 7) is 4.85. The number of hydrogen-bond donors (Lipinski definition) is 1. The van der Waals surface area contributed by atoms with Crippen LogP contribution in [0.2, 0.25) is 0 Å². The molecule has 0 radical (unpaired) electrons. The summed E-state index contributed by atoms with van der Waals surface area (Å²) in [6, 6.07) is 2.89. The summed E-state index contributed by atoms with van der Waals surface area (Å²) in [7, 11) is -5.04. The molecule has 9 heteroatoms. The Balaban J connectivity index is 2.42. The van der Waals surface area contributed by atoms with Gasteiger partial charge >= 0.3 is 5.25 Å². The maximum absolute atomic E-state index is 14.0. The van der Waals surface area contributed by atoms with E-state index in [9.17, 15) is 31.1 Å². The molecule has 1 unspecified atom stereocenters. The molecule has 1 atom stereocenters.